The molecule has 122 valence electrons. The molecule has 0 heterocycles. The first-order valence-corrected chi connectivity index (χ1v) is 8.97. The highest BCUT2D eigenvalue weighted by molar-refractivity contribution is 5.06. The van der Waals surface area contributed by atoms with Crippen LogP contribution in [0.5, 0.6) is 0 Å². The average molecular weight is 293 g/mol. The zero-order valence-electron chi connectivity index (χ0n) is 14.9. The van der Waals surface area contributed by atoms with E-state index in [4.69, 9.17) is 0 Å². The van der Waals surface area contributed by atoms with Gasteiger partial charge in [0.2, 0.25) is 0 Å². The summed E-state index contributed by atoms with van der Waals surface area (Å²) in [6, 6.07) is 0. The molecular weight excluding hydrogens is 256 g/mol. The first-order valence-electron chi connectivity index (χ1n) is 8.97. The monoisotopic (exact) mass is 292 g/mol. The smallest absolute Gasteiger partial charge is 0.0330 e. The van der Waals surface area contributed by atoms with Crippen LogP contribution in [0.3, 0.4) is 0 Å². The fraction of sp³-hybridized carbons (Fsp3) is 0.895. The van der Waals surface area contributed by atoms with Crippen LogP contribution in [-0.4, -0.2) is 37.6 Å². The number of hydrogen-bond donors (Lipinski definition) is 1. The quantitative estimate of drug-likeness (QED) is 0.768. The van der Waals surface area contributed by atoms with E-state index in [9.17, 15) is 0 Å². The molecule has 0 saturated heterocycles. The summed E-state index contributed by atoms with van der Waals surface area (Å²) in [5.41, 5.74) is 1.98. The molecule has 0 aromatic rings. The lowest BCUT2D eigenvalue weighted by atomic mass is 9.75. The lowest BCUT2D eigenvalue weighted by Gasteiger charge is -2.45. The molecule has 0 radical (unpaired) electrons. The summed E-state index contributed by atoms with van der Waals surface area (Å²) in [5, 5.41) is 3.84. The van der Waals surface area contributed by atoms with Crippen molar-refractivity contribution in [3.05, 3.63) is 11.6 Å². The van der Waals surface area contributed by atoms with Crippen molar-refractivity contribution in [3.8, 4) is 0 Å². The van der Waals surface area contributed by atoms with Gasteiger partial charge < -0.3 is 10.2 Å². The third-order valence-corrected chi connectivity index (χ3v) is 5.79. The Kier molecular flexibility index (Phi) is 5.90. The summed E-state index contributed by atoms with van der Waals surface area (Å²) in [4.78, 5) is 2.49. The standard InChI is InChI=1S/C19H36N2/c1-15-7-6-8-19(12-15,21(4)5)14-20-13-18-10-16(2)9-17(3)11-18/h9,15-16,18,20H,6-8,10-14H2,1-5H3. The topological polar surface area (TPSA) is 15.3 Å². The molecule has 21 heavy (non-hydrogen) atoms. The van der Waals surface area contributed by atoms with Crippen LogP contribution in [0.15, 0.2) is 11.6 Å². The second-order valence-electron chi connectivity index (χ2n) is 8.25. The number of allylic oxidation sites excluding steroid dienone is 2. The van der Waals surface area contributed by atoms with Gasteiger partial charge >= 0.3 is 0 Å². The van der Waals surface area contributed by atoms with Crippen molar-refractivity contribution in [1.29, 1.82) is 0 Å². The van der Waals surface area contributed by atoms with Gasteiger partial charge in [0.1, 0.15) is 0 Å². The van der Waals surface area contributed by atoms with Gasteiger partial charge in [0, 0.05) is 12.1 Å². The molecule has 0 spiro atoms. The number of nitrogens with zero attached hydrogens (tertiary/aromatic N) is 1. The molecule has 4 unspecified atom stereocenters. The van der Waals surface area contributed by atoms with Crippen LogP contribution in [0.1, 0.15) is 59.3 Å². The zero-order valence-corrected chi connectivity index (χ0v) is 14.9. The van der Waals surface area contributed by atoms with E-state index in [0.29, 0.717) is 5.54 Å². The maximum atomic E-state index is 3.84. The molecule has 0 aliphatic heterocycles. The van der Waals surface area contributed by atoms with Gasteiger partial charge in [0.15, 0.2) is 0 Å². The fourth-order valence-electron chi connectivity index (χ4n) is 4.71. The van der Waals surface area contributed by atoms with E-state index in [1.54, 1.807) is 5.57 Å². The Morgan fingerprint density at radius 2 is 2.10 bits per heavy atom. The van der Waals surface area contributed by atoms with Gasteiger partial charge in [0.25, 0.3) is 0 Å². The van der Waals surface area contributed by atoms with Crippen LogP contribution in [0.2, 0.25) is 0 Å². The maximum absolute atomic E-state index is 3.84. The highest BCUT2D eigenvalue weighted by Crippen LogP contribution is 2.35. The summed E-state index contributed by atoms with van der Waals surface area (Å²) < 4.78 is 0. The predicted molar refractivity (Wildman–Crippen MR) is 92.6 cm³/mol. The molecule has 2 heteroatoms. The molecule has 4 atom stereocenters. The first-order chi connectivity index (χ1) is 9.91. The molecule has 2 aliphatic rings. The molecule has 0 aromatic carbocycles. The SMILES string of the molecule is CC1=CC(C)CC(CNCC2(N(C)C)CCCC(C)C2)C1. The van der Waals surface area contributed by atoms with E-state index in [-0.39, 0.29) is 0 Å². The van der Waals surface area contributed by atoms with Crippen molar-refractivity contribution in [2.24, 2.45) is 17.8 Å². The number of rotatable bonds is 5. The van der Waals surface area contributed by atoms with E-state index in [1.807, 2.05) is 0 Å². The summed E-state index contributed by atoms with van der Waals surface area (Å²) in [7, 11) is 4.55. The van der Waals surface area contributed by atoms with Crippen molar-refractivity contribution >= 4 is 0 Å². The lowest BCUT2D eigenvalue weighted by molar-refractivity contribution is 0.0740. The molecule has 1 N–H and O–H groups in total. The van der Waals surface area contributed by atoms with Gasteiger partial charge in [-0.15, -0.1) is 0 Å². The Bertz CT molecular complexity index is 361. The minimum Gasteiger partial charge on any atom is -0.315 e. The number of likely N-dealkylation sites (N-methyl/N-ethyl adjacent to an activating group) is 1. The van der Waals surface area contributed by atoms with Gasteiger partial charge in [-0.1, -0.05) is 38.3 Å². The lowest BCUT2D eigenvalue weighted by Crippen LogP contribution is -2.54. The third kappa shape index (κ3) is 4.56. The molecule has 1 fully saturated rings. The highest BCUT2D eigenvalue weighted by atomic mass is 15.2. The van der Waals surface area contributed by atoms with Crippen LogP contribution in [-0.2, 0) is 0 Å². The molecule has 0 amide bonds. The molecule has 1 saturated carbocycles. The first kappa shape index (κ1) is 17.0. The van der Waals surface area contributed by atoms with Crippen molar-refractivity contribution in [2.45, 2.75) is 64.8 Å². The Labute approximate surface area is 132 Å². The van der Waals surface area contributed by atoms with Crippen LogP contribution in [0.25, 0.3) is 0 Å². The van der Waals surface area contributed by atoms with Gasteiger partial charge in [-0.2, -0.15) is 0 Å². The van der Waals surface area contributed by atoms with Crippen LogP contribution in [0, 0.1) is 17.8 Å². The van der Waals surface area contributed by atoms with E-state index in [2.05, 4.69) is 51.2 Å². The number of hydrogen-bond acceptors (Lipinski definition) is 2. The van der Waals surface area contributed by atoms with Crippen molar-refractivity contribution < 1.29 is 0 Å². The largest absolute Gasteiger partial charge is 0.315 e. The highest BCUT2D eigenvalue weighted by Gasteiger charge is 2.36. The Morgan fingerprint density at radius 3 is 2.71 bits per heavy atom. The van der Waals surface area contributed by atoms with Crippen LogP contribution in [0.4, 0.5) is 0 Å². The van der Waals surface area contributed by atoms with E-state index in [1.165, 1.54) is 45.1 Å². The number of nitrogens with one attached hydrogen (secondary N) is 1. The van der Waals surface area contributed by atoms with E-state index in [0.717, 1.165) is 24.3 Å². The van der Waals surface area contributed by atoms with Crippen molar-refractivity contribution in [2.75, 3.05) is 27.2 Å². The third-order valence-electron chi connectivity index (χ3n) is 5.79. The van der Waals surface area contributed by atoms with Gasteiger partial charge in [-0.25, -0.2) is 0 Å². The summed E-state index contributed by atoms with van der Waals surface area (Å²) in [5.74, 6) is 2.48. The van der Waals surface area contributed by atoms with Gasteiger partial charge in [-0.3, -0.25) is 0 Å². The molecule has 2 nitrogen and oxygen atoms in total. The van der Waals surface area contributed by atoms with Gasteiger partial charge in [-0.05, 0) is 71.0 Å². The summed E-state index contributed by atoms with van der Waals surface area (Å²) in [6.45, 7) is 9.44. The normalized spacial score (nSPS) is 37.6. The predicted octanol–water partition coefficient (Wildman–Crippen LogP) is 4.08. The Hall–Kier alpha value is -0.340. The second-order valence-corrected chi connectivity index (χ2v) is 8.25. The second kappa shape index (κ2) is 7.28. The fourth-order valence-corrected chi connectivity index (χ4v) is 4.71. The summed E-state index contributed by atoms with van der Waals surface area (Å²) in [6.07, 6.45) is 10.6. The van der Waals surface area contributed by atoms with Crippen molar-refractivity contribution in [1.82, 2.24) is 10.2 Å². The minimum absolute atomic E-state index is 0.392. The average Bonchev–Trinajstić information content (AvgIpc) is 2.37. The molecule has 2 aliphatic carbocycles. The van der Waals surface area contributed by atoms with E-state index < -0.39 is 0 Å². The van der Waals surface area contributed by atoms with E-state index >= 15 is 0 Å². The molecule has 0 aromatic heterocycles. The van der Waals surface area contributed by atoms with Crippen LogP contribution < -0.4 is 5.32 Å². The Balaban J connectivity index is 1.84. The summed E-state index contributed by atoms with van der Waals surface area (Å²) >= 11 is 0. The maximum Gasteiger partial charge on any atom is 0.0330 e. The van der Waals surface area contributed by atoms with Gasteiger partial charge in [0.05, 0.1) is 0 Å². The molecule has 2 rings (SSSR count). The minimum atomic E-state index is 0.392. The zero-order chi connectivity index (χ0) is 15.5. The molecular formula is C19H36N2. The molecule has 0 bridgehead atoms. The Morgan fingerprint density at radius 1 is 1.33 bits per heavy atom. The van der Waals surface area contributed by atoms with Crippen molar-refractivity contribution in [3.63, 3.8) is 0 Å². The van der Waals surface area contributed by atoms with Crippen LogP contribution >= 0.6 is 0 Å².